The molecule has 1 atom stereocenters. The van der Waals surface area contributed by atoms with E-state index in [0.29, 0.717) is 5.92 Å². The minimum Gasteiger partial charge on any atom is -0.502 e. The van der Waals surface area contributed by atoms with Crippen LogP contribution in [0.15, 0.2) is 24.5 Å². The van der Waals surface area contributed by atoms with Crippen LogP contribution in [0.3, 0.4) is 0 Å². The van der Waals surface area contributed by atoms with Gasteiger partial charge >= 0.3 is 0 Å². The molecule has 0 aromatic carbocycles. The van der Waals surface area contributed by atoms with Gasteiger partial charge in [-0.15, -0.1) is 6.58 Å². The summed E-state index contributed by atoms with van der Waals surface area (Å²) in [4.78, 5) is 0. The molecule has 0 aliphatic heterocycles. The molecule has 0 aromatic heterocycles. The van der Waals surface area contributed by atoms with Crippen molar-refractivity contribution in [3.05, 3.63) is 24.5 Å². The second kappa shape index (κ2) is 5.10. The Bertz CT molecular complexity index is 125. The third-order valence-corrected chi connectivity index (χ3v) is 1.38. The Morgan fingerprint density at radius 2 is 2.30 bits per heavy atom. The maximum Gasteiger partial charge on any atom is 0.0887 e. The summed E-state index contributed by atoms with van der Waals surface area (Å²) < 4.78 is 4.99. The van der Waals surface area contributed by atoms with Crippen LogP contribution < -0.4 is 0 Å². The van der Waals surface area contributed by atoms with E-state index in [9.17, 15) is 0 Å². The highest BCUT2D eigenvalue weighted by atomic mass is 16.5. The van der Waals surface area contributed by atoms with Gasteiger partial charge in [0.2, 0.25) is 0 Å². The number of hydrogen-bond acceptors (Lipinski definition) is 1. The summed E-state index contributed by atoms with van der Waals surface area (Å²) in [6.45, 7) is 7.76. The maximum absolute atomic E-state index is 4.99. The smallest absolute Gasteiger partial charge is 0.0887 e. The molecule has 0 rings (SSSR count). The minimum atomic E-state index is 0.539. The topological polar surface area (TPSA) is 9.23 Å². The van der Waals surface area contributed by atoms with Crippen LogP contribution in [0, 0.1) is 5.92 Å². The lowest BCUT2D eigenvalue weighted by molar-refractivity contribution is 0.289. The van der Waals surface area contributed by atoms with E-state index in [1.807, 2.05) is 13.0 Å². The molecular weight excluding hydrogens is 124 g/mol. The molecule has 1 heteroatoms. The fraction of sp³-hybridized carbons (Fsp3) is 0.556. The van der Waals surface area contributed by atoms with Crippen molar-refractivity contribution in [2.45, 2.75) is 20.3 Å². The second-order valence-corrected chi connectivity index (χ2v) is 2.48. The summed E-state index contributed by atoms with van der Waals surface area (Å²) in [6, 6.07) is 0. The second-order valence-electron chi connectivity index (χ2n) is 2.48. The van der Waals surface area contributed by atoms with Gasteiger partial charge in [0.25, 0.3) is 0 Å². The summed E-state index contributed by atoms with van der Waals surface area (Å²) in [7, 11) is 1.69. The molecule has 0 aromatic rings. The standard InChI is InChI=1S/C9H16O/c1-5-6-8(2)7-9(3)10-4/h5,7-8H,1,6H2,2-4H3/b9-7+. The largest absolute Gasteiger partial charge is 0.502 e. The minimum absolute atomic E-state index is 0.539. The van der Waals surface area contributed by atoms with Crippen molar-refractivity contribution in [1.29, 1.82) is 0 Å². The fourth-order valence-electron chi connectivity index (χ4n) is 0.800. The Morgan fingerprint density at radius 1 is 1.70 bits per heavy atom. The molecule has 0 N–H and O–H groups in total. The lowest BCUT2D eigenvalue weighted by Crippen LogP contribution is -1.89. The van der Waals surface area contributed by atoms with Crippen LogP contribution in [0.1, 0.15) is 20.3 Å². The Labute approximate surface area is 63.4 Å². The Morgan fingerprint density at radius 3 is 2.70 bits per heavy atom. The van der Waals surface area contributed by atoms with Gasteiger partial charge in [0, 0.05) is 0 Å². The number of ether oxygens (including phenoxy) is 1. The van der Waals surface area contributed by atoms with Gasteiger partial charge < -0.3 is 4.74 Å². The van der Waals surface area contributed by atoms with Crippen molar-refractivity contribution in [3.8, 4) is 0 Å². The van der Waals surface area contributed by atoms with E-state index in [1.54, 1.807) is 7.11 Å². The molecule has 0 heterocycles. The van der Waals surface area contributed by atoms with Crippen molar-refractivity contribution in [3.63, 3.8) is 0 Å². The molecule has 0 bridgehead atoms. The van der Waals surface area contributed by atoms with Crippen molar-refractivity contribution in [2.75, 3.05) is 7.11 Å². The van der Waals surface area contributed by atoms with Crippen molar-refractivity contribution >= 4 is 0 Å². The van der Waals surface area contributed by atoms with Gasteiger partial charge in [-0.3, -0.25) is 0 Å². The van der Waals surface area contributed by atoms with E-state index >= 15 is 0 Å². The monoisotopic (exact) mass is 140 g/mol. The lowest BCUT2D eigenvalue weighted by Gasteiger charge is -2.03. The Hall–Kier alpha value is -0.720. The molecule has 0 radical (unpaired) electrons. The predicted octanol–water partition coefficient (Wildman–Crippen LogP) is 2.75. The van der Waals surface area contributed by atoms with Crippen LogP contribution in [0.25, 0.3) is 0 Å². The first kappa shape index (κ1) is 9.28. The zero-order chi connectivity index (χ0) is 7.98. The van der Waals surface area contributed by atoms with Gasteiger partial charge in [0.05, 0.1) is 12.9 Å². The van der Waals surface area contributed by atoms with Crippen LogP contribution in [-0.2, 0) is 4.74 Å². The van der Waals surface area contributed by atoms with Gasteiger partial charge in [-0.05, 0) is 25.3 Å². The van der Waals surface area contributed by atoms with Crippen molar-refractivity contribution in [1.82, 2.24) is 0 Å². The van der Waals surface area contributed by atoms with E-state index < -0.39 is 0 Å². The molecule has 0 aliphatic rings. The molecule has 10 heavy (non-hydrogen) atoms. The molecule has 0 amide bonds. The van der Waals surface area contributed by atoms with Crippen LogP contribution in [0.5, 0.6) is 0 Å². The van der Waals surface area contributed by atoms with Gasteiger partial charge in [-0.2, -0.15) is 0 Å². The van der Waals surface area contributed by atoms with E-state index in [4.69, 9.17) is 4.74 Å². The normalized spacial score (nSPS) is 14.5. The Kier molecular flexibility index (Phi) is 4.73. The molecule has 1 nitrogen and oxygen atoms in total. The van der Waals surface area contributed by atoms with Gasteiger partial charge in [0.15, 0.2) is 0 Å². The first-order chi connectivity index (χ1) is 4.70. The summed E-state index contributed by atoms with van der Waals surface area (Å²) in [6.07, 6.45) is 5.03. The SMILES string of the molecule is C=CCC(C)/C=C(\C)OC. The predicted molar refractivity (Wildman–Crippen MR) is 44.7 cm³/mol. The molecule has 0 aliphatic carbocycles. The van der Waals surface area contributed by atoms with Crippen molar-refractivity contribution < 1.29 is 4.74 Å². The van der Waals surface area contributed by atoms with E-state index in [-0.39, 0.29) is 0 Å². The lowest BCUT2D eigenvalue weighted by atomic mass is 10.1. The number of methoxy groups -OCH3 is 1. The van der Waals surface area contributed by atoms with Crippen LogP contribution in [0.2, 0.25) is 0 Å². The van der Waals surface area contributed by atoms with E-state index in [0.717, 1.165) is 12.2 Å². The molecule has 1 unspecified atom stereocenters. The highest BCUT2D eigenvalue weighted by Crippen LogP contribution is 2.07. The Balaban J connectivity index is 3.73. The first-order valence-electron chi connectivity index (χ1n) is 3.54. The number of allylic oxidation sites excluding steroid dienone is 3. The summed E-state index contributed by atoms with van der Waals surface area (Å²) in [5.74, 6) is 1.52. The van der Waals surface area contributed by atoms with Crippen LogP contribution in [0.4, 0.5) is 0 Å². The molecule has 0 saturated heterocycles. The van der Waals surface area contributed by atoms with E-state index in [1.165, 1.54) is 0 Å². The number of hydrogen-bond donors (Lipinski definition) is 0. The van der Waals surface area contributed by atoms with Crippen LogP contribution >= 0.6 is 0 Å². The molecule has 0 spiro atoms. The van der Waals surface area contributed by atoms with Gasteiger partial charge in [-0.1, -0.05) is 13.0 Å². The average Bonchev–Trinajstić information content (AvgIpc) is 1.88. The third kappa shape index (κ3) is 4.19. The molecular formula is C9H16O. The number of rotatable bonds is 4. The summed E-state index contributed by atoms with van der Waals surface area (Å²) in [5, 5.41) is 0. The van der Waals surface area contributed by atoms with Crippen LogP contribution in [-0.4, -0.2) is 7.11 Å². The average molecular weight is 140 g/mol. The molecule has 0 fully saturated rings. The van der Waals surface area contributed by atoms with E-state index in [2.05, 4.69) is 19.6 Å². The first-order valence-corrected chi connectivity index (χ1v) is 3.54. The third-order valence-electron chi connectivity index (χ3n) is 1.38. The fourth-order valence-corrected chi connectivity index (χ4v) is 0.800. The highest BCUT2D eigenvalue weighted by Gasteiger charge is 1.94. The molecule has 58 valence electrons. The summed E-state index contributed by atoms with van der Waals surface area (Å²) >= 11 is 0. The van der Waals surface area contributed by atoms with Crippen molar-refractivity contribution in [2.24, 2.45) is 5.92 Å². The zero-order valence-electron chi connectivity index (χ0n) is 7.05. The maximum atomic E-state index is 4.99. The summed E-state index contributed by atoms with van der Waals surface area (Å²) in [5.41, 5.74) is 0. The zero-order valence-corrected chi connectivity index (χ0v) is 7.05. The van der Waals surface area contributed by atoms with Gasteiger partial charge in [-0.25, -0.2) is 0 Å². The quantitative estimate of drug-likeness (QED) is 0.431. The molecule has 0 saturated carbocycles. The van der Waals surface area contributed by atoms with Gasteiger partial charge in [0.1, 0.15) is 0 Å². The highest BCUT2D eigenvalue weighted by molar-refractivity contribution is 4.93.